The Morgan fingerprint density at radius 3 is 2.30 bits per heavy atom. The Morgan fingerprint density at radius 1 is 1.09 bits per heavy atom. The smallest absolute Gasteiger partial charge is 0.312 e. The molecular weight excluding hydrogens is 460 g/mol. The van der Waals surface area contributed by atoms with Crippen molar-refractivity contribution in [3.63, 3.8) is 0 Å². The zero-order chi connectivity index (χ0) is 24.2. The van der Waals surface area contributed by atoms with Gasteiger partial charge in [0.25, 0.3) is 11.6 Å². The molecule has 0 aliphatic carbocycles. The van der Waals surface area contributed by atoms with Crippen molar-refractivity contribution in [3.05, 3.63) is 62.7 Å². The van der Waals surface area contributed by atoms with Gasteiger partial charge in [0.05, 0.1) is 28.0 Å². The van der Waals surface area contributed by atoms with Gasteiger partial charge in [-0.2, -0.15) is 4.31 Å². The molecule has 0 bridgehead atoms. The monoisotopic (exact) mass is 480 g/mol. The van der Waals surface area contributed by atoms with E-state index < -0.39 is 37.6 Å². The zero-order valence-electron chi connectivity index (χ0n) is 17.4. The molecule has 1 heterocycles. The molecular formula is C19H20N4O9S. The second-order valence-electron chi connectivity index (χ2n) is 6.96. The van der Waals surface area contributed by atoms with Gasteiger partial charge in [-0.25, -0.2) is 8.42 Å². The Morgan fingerprint density at radius 2 is 1.73 bits per heavy atom. The highest BCUT2D eigenvalue weighted by atomic mass is 32.2. The van der Waals surface area contributed by atoms with Crippen LogP contribution in [-0.2, 0) is 19.6 Å². The molecule has 1 fully saturated rings. The van der Waals surface area contributed by atoms with E-state index in [0.29, 0.717) is 0 Å². The zero-order valence-corrected chi connectivity index (χ0v) is 18.2. The molecule has 1 saturated heterocycles. The fourth-order valence-corrected chi connectivity index (χ4v) is 4.42. The van der Waals surface area contributed by atoms with Crippen LogP contribution in [0.3, 0.4) is 0 Å². The molecule has 0 saturated carbocycles. The first-order valence-corrected chi connectivity index (χ1v) is 11.1. The third-order valence-electron chi connectivity index (χ3n) is 4.75. The number of nitro benzene ring substituents is 2. The number of anilines is 1. The Balaban J connectivity index is 1.76. The van der Waals surface area contributed by atoms with Crippen molar-refractivity contribution in [2.75, 3.05) is 31.6 Å². The molecule has 2 aromatic rings. The number of non-ortho nitro benzene ring substituents is 1. The van der Waals surface area contributed by atoms with Gasteiger partial charge in [-0.1, -0.05) is 0 Å². The van der Waals surface area contributed by atoms with E-state index in [0.717, 1.165) is 12.1 Å². The molecule has 1 N–H and O–H groups in total. The summed E-state index contributed by atoms with van der Waals surface area (Å²) in [7, 11) is -3.96. The fourth-order valence-electron chi connectivity index (χ4n) is 2.99. The molecule has 1 unspecified atom stereocenters. The second kappa shape index (κ2) is 9.89. The van der Waals surface area contributed by atoms with Gasteiger partial charge in [-0.15, -0.1) is 0 Å². The molecule has 0 spiro atoms. The van der Waals surface area contributed by atoms with Crippen molar-refractivity contribution < 1.29 is 32.5 Å². The molecule has 1 atom stereocenters. The molecule has 13 nitrogen and oxygen atoms in total. The summed E-state index contributed by atoms with van der Waals surface area (Å²) in [6, 6.07) is 8.27. The van der Waals surface area contributed by atoms with Gasteiger partial charge in [-0.05, 0) is 31.2 Å². The number of rotatable bonds is 8. The van der Waals surface area contributed by atoms with Crippen molar-refractivity contribution in [3.8, 4) is 5.75 Å². The maximum absolute atomic E-state index is 12.8. The van der Waals surface area contributed by atoms with Crippen LogP contribution < -0.4 is 10.1 Å². The summed E-state index contributed by atoms with van der Waals surface area (Å²) >= 11 is 0. The fraction of sp³-hybridized carbons (Fsp3) is 0.316. The van der Waals surface area contributed by atoms with Crippen LogP contribution in [-0.4, -0.2) is 60.9 Å². The first kappa shape index (κ1) is 24.0. The van der Waals surface area contributed by atoms with E-state index in [9.17, 15) is 33.4 Å². The van der Waals surface area contributed by atoms with E-state index in [1.807, 2.05) is 0 Å². The van der Waals surface area contributed by atoms with Gasteiger partial charge >= 0.3 is 5.69 Å². The standard InChI is InChI=1S/C19H20N4O9S/c1-13(19(24)20-14-2-4-15(5-3-14)22(25)26)32-18-7-6-16(12-17(18)23(27)28)33(29,30)21-8-10-31-11-9-21/h2-7,12-13H,8-11H2,1H3,(H,20,24). The minimum absolute atomic E-state index is 0.133. The number of carbonyl (C=O) groups is 1. The third kappa shape index (κ3) is 5.60. The topological polar surface area (TPSA) is 171 Å². The molecule has 2 aromatic carbocycles. The van der Waals surface area contributed by atoms with Crippen LogP contribution in [0.5, 0.6) is 5.75 Å². The summed E-state index contributed by atoms with van der Waals surface area (Å²) < 4.78 is 37.3. The minimum atomic E-state index is -3.96. The van der Waals surface area contributed by atoms with Crippen LogP contribution in [0.2, 0.25) is 0 Å². The van der Waals surface area contributed by atoms with Crippen molar-refractivity contribution >= 4 is 33.0 Å². The quantitative estimate of drug-likeness (QED) is 0.438. The highest BCUT2D eigenvalue weighted by Crippen LogP contribution is 2.32. The Hall–Kier alpha value is -3.62. The minimum Gasteiger partial charge on any atom is -0.474 e. The van der Waals surface area contributed by atoms with Gasteiger partial charge < -0.3 is 14.8 Å². The van der Waals surface area contributed by atoms with Crippen molar-refractivity contribution in [2.24, 2.45) is 0 Å². The summed E-state index contributed by atoms with van der Waals surface area (Å²) in [6.07, 6.45) is -1.19. The number of morpholine rings is 1. The third-order valence-corrected chi connectivity index (χ3v) is 6.65. The lowest BCUT2D eigenvalue weighted by Crippen LogP contribution is -2.40. The van der Waals surface area contributed by atoms with Crippen molar-refractivity contribution in [1.29, 1.82) is 0 Å². The first-order chi connectivity index (χ1) is 15.6. The molecule has 1 aliphatic rings. The summed E-state index contributed by atoms with van der Waals surface area (Å²) in [4.78, 5) is 33.0. The Kier molecular flexibility index (Phi) is 7.20. The molecule has 14 heteroatoms. The van der Waals surface area contributed by atoms with Gasteiger partial charge in [-0.3, -0.25) is 25.0 Å². The maximum atomic E-state index is 12.8. The summed E-state index contributed by atoms with van der Waals surface area (Å²) in [5.74, 6) is -0.949. The summed E-state index contributed by atoms with van der Waals surface area (Å²) in [6.45, 7) is 2.07. The van der Waals surface area contributed by atoms with Crippen molar-refractivity contribution in [2.45, 2.75) is 17.9 Å². The van der Waals surface area contributed by atoms with E-state index in [1.54, 1.807) is 0 Å². The SMILES string of the molecule is CC(Oc1ccc(S(=O)(=O)N2CCOCC2)cc1[N+](=O)[O-])C(=O)Nc1ccc([N+](=O)[O-])cc1. The highest BCUT2D eigenvalue weighted by molar-refractivity contribution is 7.89. The highest BCUT2D eigenvalue weighted by Gasteiger charge is 2.30. The number of nitrogens with one attached hydrogen (secondary N) is 1. The molecule has 176 valence electrons. The van der Waals surface area contributed by atoms with E-state index in [1.165, 1.54) is 41.6 Å². The number of carbonyl (C=O) groups excluding carboxylic acids is 1. The van der Waals surface area contributed by atoms with E-state index >= 15 is 0 Å². The normalized spacial score (nSPS) is 15.4. The molecule has 0 radical (unpaired) electrons. The van der Waals surface area contributed by atoms with Crippen LogP contribution in [0.1, 0.15) is 6.92 Å². The van der Waals surface area contributed by atoms with E-state index in [4.69, 9.17) is 9.47 Å². The Labute approximate surface area is 188 Å². The van der Waals surface area contributed by atoms with Crippen LogP contribution in [0.15, 0.2) is 47.4 Å². The Bertz CT molecular complexity index is 1160. The van der Waals surface area contributed by atoms with Crippen LogP contribution in [0.4, 0.5) is 17.1 Å². The molecule has 0 aromatic heterocycles. The first-order valence-electron chi connectivity index (χ1n) is 9.68. The van der Waals surface area contributed by atoms with Gasteiger partial charge in [0.15, 0.2) is 11.9 Å². The number of nitro groups is 2. The second-order valence-corrected chi connectivity index (χ2v) is 8.89. The number of nitrogens with zero attached hydrogens (tertiary/aromatic N) is 3. The predicted octanol–water partition coefficient (Wildman–Crippen LogP) is 1.93. The van der Waals surface area contributed by atoms with Gasteiger partial charge in [0.1, 0.15) is 0 Å². The number of hydrogen-bond acceptors (Lipinski definition) is 9. The van der Waals surface area contributed by atoms with E-state index in [-0.39, 0.29) is 48.3 Å². The summed E-state index contributed by atoms with van der Waals surface area (Å²) in [5, 5.41) is 24.7. The maximum Gasteiger partial charge on any atom is 0.312 e. The number of benzene rings is 2. The predicted molar refractivity (Wildman–Crippen MR) is 114 cm³/mol. The summed E-state index contributed by atoms with van der Waals surface area (Å²) in [5.41, 5.74) is -0.498. The molecule has 3 rings (SSSR count). The van der Waals surface area contributed by atoms with Crippen LogP contribution in [0, 0.1) is 20.2 Å². The van der Waals surface area contributed by atoms with Crippen LogP contribution in [0.25, 0.3) is 0 Å². The van der Waals surface area contributed by atoms with Gasteiger partial charge in [0.2, 0.25) is 10.0 Å². The van der Waals surface area contributed by atoms with Crippen molar-refractivity contribution in [1.82, 2.24) is 4.31 Å². The average molecular weight is 480 g/mol. The number of hydrogen-bond donors (Lipinski definition) is 1. The molecule has 33 heavy (non-hydrogen) atoms. The number of amides is 1. The lowest BCUT2D eigenvalue weighted by molar-refractivity contribution is -0.386. The van der Waals surface area contributed by atoms with Crippen LogP contribution >= 0.6 is 0 Å². The lowest BCUT2D eigenvalue weighted by Gasteiger charge is -2.26. The number of sulfonamides is 1. The van der Waals surface area contributed by atoms with Gasteiger partial charge in [0, 0.05) is 37.0 Å². The average Bonchev–Trinajstić information content (AvgIpc) is 2.80. The van der Waals surface area contributed by atoms with E-state index in [2.05, 4.69) is 5.32 Å². The molecule has 1 amide bonds. The molecule has 1 aliphatic heterocycles. The largest absolute Gasteiger partial charge is 0.474 e. The number of ether oxygens (including phenoxy) is 2. The lowest BCUT2D eigenvalue weighted by atomic mass is 10.2.